The van der Waals surface area contributed by atoms with Crippen LogP contribution in [0.3, 0.4) is 0 Å². The third-order valence-electron chi connectivity index (χ3n) is 2.63. The van der Waals surface area contributed by atoms with Crippen LogP contribution in [-0.2, 0) is 13.0 Å². The van der Waals surface area contributed by atoms with Crippen LogP contribution >= 0.6 is 0 Å². The number of rotatable bonds is 1. The lowest BCUT2D eigenvalue weighted by Gasteiger charge is -2.20. The highest BCUT2D eigenvalue weighted by atomic mass is 16.5. The van der Waals surface area contributed by atoms with Gasteiger partial charge in [0.05, 0.1) is 7.11 Å². The number of fused-ring (bicyclic) bond motifs is 1. The summed E-state index contributed by atoms with van der Waals surface area (Å²) in [5.41, 5.74) is 4.01. The Bertz CT molecular complexity index is 320. The molecule has 0 aromatic heterocycles. The van der Waals surface area contributed by atoms with Gasteiger partial charge in [0.25, 0.3) is 0 Å². The van der Waals surface area contributed by atoms with Gasteiger partial charge in [-0.15, -0.1) is 0 Å². The molecule has 0 bridgehead atoms. The van der Waals surface area contributed by atoms with E-state index in [1.54, 1.807) is 7.11 Å². The zero-order chi connectivity index (χ0) is 9.26. The minimum atomic E-state index is 0.978. The first-order chi connectivity index (χ1) is 6.33. The Balaban J connectivity index is 2.52. The van der Waals surface area contributed by atoms with E-state index in [0.29, 0.717) is 0 Å². The topological polar surface area (TPSA) is 21.3 Å². The van der Waals surface area contributed by atoms with Crippen molar-refractivity contribution in [3.63, 3.8) is 0 Å². The van der Waals surface area contributed by atoms with E-state index in [9.17, 15) is 0 Å². The number of hydrogen-bond donors (Lipinski definition) is 1. The molecule has 1 aromatic rings. The normalized spacial score (nSPS) is 15.2. The van der Waals surface area contributed by atoms with Gasteiger partial charge in [-0.1, -0.05) is 12.1 Å². The molecule has 2 heteroatoms. The first-order valence-corrected chi connectivity index (χ1v) is 4.69. The number of aryl methyl sites for hydroxylation is 1. The van der Waals surface area contributed by atoms with Crippen LogP contribution in [0.4, 0.5) is 0 Å². The van der Waals surface area contributed by atoms with E-state index in [0.717, 1.165) is 25.3 Å². The predicted molar refractivity (Wildman–Crippen MR) is 53.1 cm³/mol. The molecule has 1 aliphatic rings. The molecule has 13 heavy (non-hydrogen) atoms. The number of benzene rings is 1. The first-order valence-electron chi connectivity index (χ1n) is 4.69. The van der Waals surface area contributed by atoms with Gasteiger partial charge in [0.2, 0.25) is 0 Å². The summed E-state index contributed by atoms with van der Waals surface area (Å²) in [4.78, 5) is 0. The van der Waals surface area contributed by atoms with Crippen molar-refractivity contribution in [1.29, 1.82) is 0 Å². The van der Waals surface area contributed by atoms with Crippen molar-refractivity contribution in [3.8, 4) is 5.75 Å². The van der Waals surface area contributed by atoms with Crippen molar-refractivity contribution < 1.29 is 4.74 Å². The summed E-state index contributed by atoms with van der Waals surface area (Å²) in [5, 5.41) is 3.36. The molecule has 2 nitrogen and oxygen atoms in total. The molecule has 0 unspecified atom stereocenters. The molecule has 0 atom stereocenters. The maximum Gasteiger partial charge on any atom is 0.125 e. The lowest BCUT2D eigenvalue weighted by Crippen LogP contribution is -2.24. The molecule has 0 amide bonds. The number of nitrogens with one attached hydrogen (secondary N) is 1. The van der Waals surface area contributed by atoms with Gasteiger partial charge in [-0.3, -0.25) is 0 Å². The van der Waals surface area contributed by atoms with Gasteiger partial charge < -0.3 is 10.1 Å². The van der Waals surface area contributed by atoms with Crippen molar-refractivity contribution >= 4 is 0 Å². The third kappa shape index (κ3) is 1.42. The van der Waals surface area contributed by atoms with Gasteiger partial charge in [0.15, 0.2) is 0 Å². The van der Waals surface area contributed by atoms with Crippen molar-refractivity contribution in [3.05, 3.63) is 28.8 Å². The van der Waals surface area contributed by atoms with Crippen molar-refractivity contribution in [2.24, 2.45) is 0 Å². The van der Waals surface area contributed by atoms with Gasteiger partial charge in [-0.05, 0) is 31.0 Å². The quantitative estimate of drug-likeness (QED) is 0.704. The standard InChI is InChI=1S/C11H15NO/c1-8-3-4-9-7-12-6-5-10(9)11(8)13-2/h3-4,12H,5-7H2,1-2H3. The van der Waals surface area contributed by atoms with Crippen molar-refractivity contribution in [2.75, 3.05) is 13.7 Å². The van der Waals surface area contributed by atoms with Crippen LogP contribution in [0.2, 0.25) is 0 Å². The molecule has 0 spiro atoms. The Kier molecular flexibility index (Phi) is 2.23. The van der Waals surface area contributed by atoms with Crippen LogP contribution in [0.1, 0.15) is 16.7 Å². The fraction of sp³-hybridized carbons (Fsp3) is 0.455. The van der Waals surface area contributed by atoms with E-state index in [2.05, 4.69) is 24.4 Å². The zero-order valence-electron chi connectivity index (χ0n) is 8.18. The van der Waals surface area contributed by atoms with E-state index < -0.39 is 0 Å². The lowest BCUT2D eigenvalue weighted by molar-refractivity contribution is 0.403. The minimum Gasteiger partial charge on any atom is -0.496 e. The van der Waals surface area contributed by atoms with E-state index >= 15 is 0 Å². The molecule has 0 saturated carbocycles. The van der Waals surface area contributed by atoms with Crippen LogP contribution in [0, 0.1) is 6.92 Å². The SMILES string of the molecule is COc1c(C)ccc2c1CCNC2. The van der Waals surface area contributed by atoms with Crippen LogP contribution < -0.4 is 10.1 Å². The minimum absolute atomic E-state index is 0.978. The second-order valence-electron chi connectivity index (χ2n) is 3.48. The molecule has 1 aromatic carbocycles. The molecule has 2 rings (SSSR count). The summed E-state index contributed by atoms with van der Waals surface area (Å²) < 4.78 is 5.42. The summed E-state index contributed by atoms with van der Waals surface area (Å²) in [7, 11) is 1.75. The maximum absolute atomic E-state index is 5.42. The summed E-state index contributed by atoms with van der Waals surface area (Å²) in [6.45, 7) is 4.14. The van der Waals surface area contributed by atoms with Crippen LogP contribution in [-0.4, -0.2) is 13.7 Å². The van der Waals surface area contributed by atoms with Gasteiger partial charge in [-0.2, -0.15) is 0 Å². The highest BCUT2D eigenvalue weighted by molar-refractivity contribution is 5.47. The Morgan fingerprint density at radius 1 is 1.38 bits per heavy atom. The van der Waals surface area contributed by atoms with Crippen molar-refractivity contribution in [1.82, 2.24) is 5.32 Å². The van der Waals surface area contributed by atoms with Crippen LogP contribution in [0.15, 0.2) is 12.1 Å². The maximum atomic E-state index is 5.42. The fourth-order valence-corrected chi connectivity index (χ4v) is 1.95. The monoisotopic (exact) mass is 177 g/mol. The lowest BCUT2D eigenvalue weighted by atomic mass is 9.97. The van der Waals surface area contributed by atoms with E-state index in [-0.39, 0.29) is 0 Å². The molecule has 0 radical (unpaired) electrons. The Morgan fingerprint density at radius 2 is 2.23 bits per heavy atom. The van der Waals surface area contributed by atoms with Gasteiger partial charge in [-0.25, -0.2) is 0 Å². The highest BCUT2D eigenvalue weighted by Crippen LogP contribution is 2.28. The predicted octanol–water partition coefficient (Wildman–Crippen LogP) is 1.65. The summed E-state index contributed by atoms with van der Waals surface area (Å²) in [6.07, 6.45) is 1.08. The molecule has 1 heterocycles. The van der Waals surface area contributed by atoms with E-state index in [1.807, 2.05) is 0 Å². The second-order valence-corrected chi connectivity index (χ2v) is 3.48. The molecule has 0 saturated heterocycles. The molecular weight excluding hydrogens is 162 g/mol. The van der Waals surface area contributed by atoms with Gasteiger partial charge in [0, 0.05) is 12.1 Å². The van der Waals surface area contributed by atoms with Crippen LogP contribution in [0.5, 0.6) is 5.75 Å². The van der Waals surface area contributed by atoms with E-state index in [1.165, 1.54) is 16.7 Å². The Morgan fingerprint density at radius 3 is 3.00 bits per heavy atom. The fourth-order valence-electron chi connectivity index (χ4n) is 1.95. The van der Waals surface area contributed by atoms with Crippen LogP contribution in [0.25, 0.3) is 0 Å². The second kappa shape index (κ2) is 3.38. The molecule has 0 fully saturated rings. The molecule has 70 valence electrons. The number of ether oxygens (including phenoxy) is 1. The average molecular weight is 177 g/mol. The zero-order valence-corrected chi connectivity index (χ0v) is 8.18. The largest absolute Gasteiger partial charge is 0.496 e. The first kappa shape index (κ1) is 8.57. The van der Waals surface area contributed by atoms with E-state index in [4.69, 9.17) is 4.74 Å². The summed E-state index contributed by atoms with van der Waals surface area (Å²) in [5.74, 6) is 1.08. The molecule has 1 N–H and O–H groups in total. The highest BCUT2D eigenvalue weighted by Gasteiger charge is 2.14. The molecule has 1 aliphatic heterocycles. The molecular formula is C11H15NO. The van der Waals surface area contributed by atoms with Crippen molar-refractivity contribution in [2.45, 2.75) is 19.9 Å². The summed E-state index contributed by atoms with van der Waals surface area (Å²) >= 11 is 0. The summed E-state index contributed by atoms with van der Waals surface area (Å²) in [6, 6.07) is 4.32. The Hall–Kier alpha value is -1.02. The number of hydrogen-bond acceptors (Lipinski definition) is 2. The third-order valence-corrected chi connectivity index (χ3v) is 2.63. The number of methoxy groups -OCH3 is 1. The molecule has 0 aliphatic carbocycles. The Labute approximate surface area is 78.9 Å². The average Bonchev–Trinajstić information content (AvgIpc) is 2.18. The van der Waals surface area contributed by atoms with Gasteiger partial charge in [0.1, 0.15) is 5.75 Å². The smallest absolute Gasteiger partial charge is 0.125 e. The van der Waals surface area contributed by atoms with Gasteiger partial charge >= 0.3 is 0 Å².